The Bertz CT molecular complexity index is 1480. The molecule has 4 rings (SSSR count). The van der Waals surface area contributed by atoms with Gasteiger partial charge in [-0.25, -0.2) is 8.42 Å². The Morgan fingerprint density at radius 3 is 2.14 bits per heavy atom. The Kier molecular flexibility index (Phi) is 11.3. The van der Waals surface area contributed by atoms with Crippen molar-refractivity contribution in [3.05, 3.63) is 88.4 Å². The molecule has 1 aliphatic carbocycles. The van der Waals surface area contributed by atoms with Crippen molar-refractivity contribution in [2.24, 2.45) is 0 Å². The zero-order valence-electron chi connectivity index (χ0n) is 24.3. The third-order valence-corrected chi connectivity index (χ3v) is 10.0. The number of halogens is 2. The van der Waals surface area contributed by atoms with Crippen molar-refractivity contribution in [1.82, 2.24) is 10.2 Å². The van der Waals surface area contributed by atoms with Crippen LogP contribution in [0.2, 0.25) is 10.0 Å². The maximum absolute atomic E-state index is 14.3. The molecule has 3 aromatic carbocycles. The van der Waals surface area contributed by atoms with Gasteiger partial charge in [0.1, 0.15) is 18.3 Å². The number of carbonyl (C=O) groups excluding carboxylic acids is 2. The molecule has 8 nitrogen and oxygen atoms in total. The van der Waals surface area contributed by atoms with Crippen LogP contribution in [0.1, 0.15) is 51.5 Å². The number of carbonyl (C=O) groups is 2. The van der Waals surface area contributed by atoms with Gasteiger partial charge in [-0.2, -0.15) is 0 Å². The lowest BCUT2D eigenvalue weighted by Gasteiger charge is -2.34. The van der Waals surface area contributed by atoms with E-state index in [1.54, 1.807) is 60.7 Å². The molecule has 43 heavy (non-hydrogen) atoms. The summed E-state index contributed by atoms with van der Waals surface area (Å²) in [5, 5.41) is 3.78. The molecular formula is C32H37Cl2N3O5S. The summed E-state index contributed by atoms with van der Waals surface area (Å²) in [6.07, 6.45) is 4.14. The van der Waals surface area contributed by atoms with Gasteiger partial charge in [-0.15, -0.1) is 0 Å². The number of anilines is 1. The molecule has 2 amide bonds. The Labute approximate surface area is 264 Å². The summed E-state index contributed by atoms with van der Waals surface area (Å²) in [5.41, 5.74) is 0.754. The van der Waals surface area contributed by atoms with E-state index < -0.39 is 28.5 Å². The lowest BCUT2D eigenvalue weighted by atomic mass is 10.1. The molecule has 11 heteroatoms. The van der Waals surface area contributed by atoms with E-state index in [2.05, 4.69) is 5.32 Å². The second kappa shape index (κ2) is 14.9. The molecular weight excluding hydrogens is 609 g/mol. The number of amides is 2. The average molecular weight is 647 g/mol. The topological polar surface area (TPSA) is 96.0 Å². The summed E-state index contributed by atoms with van der Waals surface area (Å²) in [4.78, 5) is 29.3. The molecule has 0 radical (unpaired) electrons. The predicted molar refractivity (Wildman–Crippen MR) is 170 cm³/mol. The van der Waals surface area contributed by atoms with E-state index in [0.717, 1.165) is 30.0 Å². The fourth-order valence-electron chi connectivity index (χ4n) is 5.26. The first-order chi connectivity index (χ1) is 20.6. The summed E-state index contributed by atoms with van der Waals surface area (Å²) in [6, 6.07) is 18.6. The van der Waals surface area contributed by atoms with Crippen LogP contribution in [-0.4, -0.2) is 50.4 Å². The summed E-state index contributed by atoms with van der Waals surface area (Å²) < 4.78 is 34.5. The standard InChI is InChI=1S/C32H37Cl2N3O5S/c1-3-30(32(39)35-23-11-8-9-12-23)36(21-27-28(33)15-10-16-29(27)34)31(38)22-37(24-17-19-25(20-18-24)42-4-2)43(40,41)26-13-6-5-7-14-26/h5-7,10,13-20,23,30H,3-4,8-9,11-12,21-22H2,1-2H3,(H,35,39). The molecule has 1 aliphatic rings. The van der Waals surface area contributed by atoms with Gasteiger partial charge in [0, 0.05) is 28.2 Å². The van der Waals surface area contributed by atoms with Gasteiger partial charge in [0.2, 0.25) is 11.8 Å². The van der Waals surface area contributed by atoms with Gasteiger partial charge >= 0.3 is 0 Å². The molecule has 1 saturated carbocycles. The van der Waals surface area contributed by atoms with Crippen LogP contribution in [0.25, 0.3) is 0 Å². The third-order valence-electron chi connectivity index (χ3n) is 7.52. The average Bonchev–Trinajstić information content (AvgIpc) is 3.51. The smallest absolute Gasteiger partial charge is 0.264 e. The quantitative estimate of drug-likeness (QED) is 0.230. The molecule has 1 N–H and O–H groups in total. The molecule has 1 atom stereocenters. The highest BCUT2D eigenvalue weighted by atomic mass is 35.5. The zero-order chi connectivity index (χ0) is 31.0. The summed E-state index contributed by atoms with van der Waals surface area (Å²) >= 11 is 13.0. The minimum atomic E-state index is -4.18. The van der Waals surface area contributed by atoms with E-state index in [0.29, 0.717) is 34.4 Å². The number of rotatable bonds is 13. The summed E-state index contributed by atoms with van der Waals surface area (Å²) in [5.74, 6) is -0.290. The predicted octanol–water partition coefficient (Wildman–Crippen LogP) is 6.45. The molecule has 230 valence electrons. The lowest BCUT2D eigenvalue weighted by Crippen LogP contribution is -2.53. The number of hydrogen-bond donors (Lipinski definition) is 1. The molecule has 1 fully saturated rings. The van der Waals surface area contributed by atoms with Crippen molar-refractivity contribution < 1.29 is 22.7 Å². The van der Waals surface area contributed by atoms with Crippen molar-refractivity contribution >= 4 is 50.7 Å². The molecule has 3 aromatic rings. The van der Waals surface area contributed by atoms with Gasteiger partial charge < -0.3 is 15.0 Å². The van der Waals surface area contributed by atoms with E-state index >= 15 is 0 Å². The highest BCUT2D eigenvalue weighted by molar-refractivity contribution is 7.92. The van der Waals surface area contributed by atoms with Gasteiger partial charge in [0.15, 0.2) is 0 Å². The van der Waals surface area contributed by atoms with Crippen molar-refractivity contribution in [3.63, 3.8) is 0 Å². The molecule has 0 saturated heterocycles. The highest BCUT2D eigenvalue weighted by Crippen LogP contribution is 2.30. The van der Waals surface area contributed by atoms with Crippen molar-refractivity contribution in [1.29, 1.82) is 0 Å². The second-order valence-corrected chi connectivity index (χ2v) is 13.1. The van der Waals surface area contributed by atoms with E-state index in [9.17, 15) is 18.0 Å². The minimum absolute atomic E-state index is 0.0309. The van der Waals surface area contributed by atoms with Gasteiger partial charge in [-0.3, -0.25) is 13.9 Å². The maximum atomic E-state index is 14.3. The SMILES string of the molecule is CCOc1ccc(N(CC(=O)N(Cc2c(Cl)cccc2Cl)C(CC)C(=O)NC2CCCC2)S(=O)(=O)c2ccccc2)cc1. The second-order valence-electron chi connectivity index (χ2n) is 10.4. The Morgan fingerprint density at radius 2 is 1.56 bits per heavy atom. The van der Waals surface area contributed by atoms with E-state index in [1.165, 1.54) is 17.0 Å². The highest BCUT2D eigenvalue weighted by Gasteiger charge is 2.35. The van der Waals surface area contributed by atoms with E-state index in [-0.39, 0.29) is 29.1 Å². The van der Waals surface area contributed by atoms with Gasteiger partial charge in [-0.05, 0) is 74.7 Å². The molecule has 1 unspecified atom stereocenters. The number of ether oxygens (including phenoxy) is 1. The Hall–Kier alpha value is -3.27. The number of nitrogens with zero attached hydrogens (tertiary/aromatic N) is 2. The van der Waals surface area contributed by atoms with Crippen LogP contribution in [0.4, 0.5) is 5.69 Å². The number of benzene rings is 3. The van der Waals surface area contributed by atoms with Crippen molar-refractivity contribution in [2.45, 2.75) is 69.5 Å². The molecule has 0 aliphatic heterocycles. The lowest BCUT2D eigenvalue weighted by molar-refractivity contribution is -0.140. The van der Waals surface area contributed by atoms with Crippen LogP contribution >= 0.6 is 23.2 Å². The van der Waals surface area contributed by atoms with E-state index in [1.807, 2.05) is 13.8 Å². The zero-order valence-corrected chi connectivity index (χ0v) is 26.7. The third kappa shape index (κ3) is 8.02. The number of hydrogen-bond acceptors (Lipinski definition) is 5. The van der Waals surface area contributed by atoms with Crippen LogP contribution in [0.5, 0.6) is 5.75 Å². The molecule has 0 heterocycles. The van der Waals surface area contributed by atoms with Gasteiger partial charge in [0.25, 0.3) is 10.0 Å². The fourth-order valence-corrected chi connectivity index (χ4v) is 7.22. The maximum Gasteiger partial charge on any atom is 0.264 e. The van der Waals surface area contributed by atoms with Crippen LogP contribution in [-0.2, 0) is 26.2 Å². The number of nitrogens with one attached hydrogen (secondary N) is 1. The van der Waals surface area contributed by atoms with Crippen LogP contribution in [0, 0.1) is 0 Å². The first-order valence-electron chi connectivity index (χ1n) is 14.5. The van der Waals surface area contributed by atoms with Gasteiger partial charge in [0.05, 0.1) is 17.2 Å². The Morgan fingerprint density at radius 1 is 0.930 bits per heavy atom. The fraction of sp³-hybridized carbons (Fsp3) is 0.375. The molecule has 0 bridgehead atoms. The van der Waals surface area contributed by atoms with Crippen molar-refractivity contribution in [3.8, 4) is 5.75 Å². The van der Waals surface area contributed by atoms with Crippen molar-refractivity contribution in [2.75, 3.05) is 17.5 Å². The van der Waals surface area contributed by atoms with Crippen LogP contribution in [0.15, 0.2) is 77.7 Å². The first-order valence-corrected chi connectivity index (χ1v) is 16.7. The summed E-state index contributed by atoms with van der Waals surface area (Å²) in [6.45, 7) is 3.49. The Balaban J connectivity index is 1.73. The minimum Gasteiger partial charge on any atom is -0.494 e. The number of sulfonamides is 1. The van der Waals surface area contributed by atoms with Crippen LogP contribution in [0.3, 0.4) is 0 Å². The largest absolute Gasteiger partial charge is 0.494 e. The molecule has 0 spiro atoms. The van der Waals surface area contributed by atoms with Crippen LogP contribution < -0.4 is 14.4 Å². The van der Waals surface area contributed by atoms with E-state index in [4.69, 9.17) is 27.9 Å². The normalized spacial score (nSPS) is 14.2. The molecule has 0 aromatic heterocycles. The summed E-state index contributed by atoms with van der Waals surface area (Å²) in [7, 11) is -4.18. The van der Waals surface area contributed by atoms with Gasteiger partial charge in [-0.1, -0.05) is 67.2 Å². The monoisotopic (exact) mass is 645 g/mol. The first kappa shape index (κ1) is 32.6.